The maximum absolute atomic E-state index is 11.1. The van der Waals surface area contributed by atoms with E-state index >= 15 is 0 Å². The summed E-state index contributed by atoms with van der Waals surface area (Å²) < 4.78 is 5.23. The van der Waals surface area contributed by atoms with Crippen molar-refractivity contribution in [2.24, 2.45) is 5.16 Å². The van der Waals surface area contributed by atoms with E-state index in [1.807, 2.05) is 38.1 Å². The topological polar surface area (TPSA) is 68.1 Å². The third kappa shape index (κ3) is 5.95. The van der Waals surface area contributed by atoms with E-state index in [1.165, 1.54) is 0 Å². The van der Waals surface area contributed by atoms with Gasteiger partial charge in [0.2, 0.25) is 0 Å². The number of oxime groups is 1. The van der Waals surface area contributed by atoms with Crippen LogP contribution in [-0.2, 0) is 20.8 Å². The third-order valence-electron chi connectivity index (χ3n) is 2.91. The number of hydrogen-bond acceptors (Lipinski definition) is 4. The Kier molecular flexibility index (Phi) is 7.46. The van der Waals surface area contributed by atoms with Gasteiger partial charge in [-0.3, -0.25) is 0 Å². The molecule has 0 amide bonds. The van der Waals surface area contributed by atoms with Gasteiger partial charge >= 0.3 is 5.97 Å². The van der Waals surface area contributed by atoms with Crippen LogP contribution < -0.4 is 0 Å². The summed E-state index contributed by atoms with van der Waals surface area (Å²) in [6.45, 7) is 6.63. The van der Waals surface area contributed by atoms with Crippen LogP contribution in [0, 0.1) is 0 Å². The van der Waals surface area contributed by atoms with E-state index in [1.54, 1.807) is 6.92 Å². The minimum atomic E-state index is -0.945. The standard InChI is InChI=1S/C16H23NO4/c1-4-9-21-17-12(3)14-8-6-7-13(10-14)11-15(16(18)19)20-5-2/h6-8,10,15H,4-5,9,11H2,1-3H3,(H,18,19)/b17-12+. The zero-order valence-corrected chi connectivity index (χ0v) is 12.8. The van der Waals surface area contributed by atoms with Gasteiger partial charge < -0.3 is 14.7 Å². The number of rotatable bonds is 9. The Labute approximate surface area is 125 Å². The van der Waals surface area contributed by atoms with Crippen LogP contribution in [0.4, 0.5) is 0 Å². The van der Waals surface area contributed by atoms with Crippen molar-refractivity contribution in [2.45, 2.75) is 39.7 Å². The number of carboxylic acids is 1. The third-order valence-corrected chi connectivity index (χ3v) is 2.91. The summed E-state index contributed by atoms with van der Waals surface area (Å²) in [5, 5.41) is 13.2. The number of ether oxygens (including phenoxy) is 1. The zero-order chi connectivity index (χ0) is 15.7. The average Bonchev–Trinajstić information content (AvgIpc) is 2.47. The number of nitrogens with zero attached hydrogens (tertiary/aromatic N) is 1. The van der Waals surface area contributed by atoms with Gasteiger partial charge in [-0.05, 0) is 37.5 Å². The normalized spacial score (nSPS) is 13.0. The number of hydrogen-bond donors (Lipinski definition) is 1. The van der Waals surface area contributed by atoms with Crippen molar-refractivity contribution in [1.29, 1.82) is 0 Å². The lowest BCUT2D eigenvalue weighted by molar-refractivity contribution is -0.149. The first kappa shape index (κ1) is 17.2. The molecule has 1 aromatic carbocycles. The lowest BCUT2D eigenvalue weighted by Crippen LogP contribution is -2.26. The molecular weight excluding hydrogens is 270 g/mol. The maximum Gasteiger partial charge on any atom is 0.333 e. The smallest absolute Gasteiger partial charge is 0.333 e. The second kappa shape index (κ2) is 9.13. The summed E-state index contributed by atoms with van der Waals surface area (Å²) in [7, 11) is 0. The van der Waals surface area contributed by atoms with Gasteiger partial charge in [-0.2, -0.15) is 0 Å². The van der Waals surface area contributed by atoms with Crippen LogP contribution in [0.5, 0.6) is 0 Å². The van der Waals surface area contributed by atoms with Gasteiger partial charge in [0.25, 0.3) is 0 Å². The largest absolute Gasteiger partial charge is 0.479 e. The molecule has 0 aromatic heterocycles. The molecule has 0 bridgehead atoms. The Balaban J connectivity index is 2.79. The minimum Gasteiger partial charge on any atom is -0.479 e. The highest BCUT2D eigenvalue weighted by molar-refractivity contribution is 5.98. The molecule has 0 spiro atoms. The average molecular weight is 293 g/mol. The molecule has 116 valence electrons. The molecule has 5 heteroatoms. The van der Waals surface area contributed by atoms with Crippen molar-refractivity contribution in [3.63, 3.8) is 0 Å². The van der Waals surface area contributed by atoms with Crippen molar-refractivity contribution in [3.05, 3.63) is 35.4 Å². The highest BCUT2D eigenvalue weighted by Gasteiger charge is 2.18. The molecule has 1 atom stereocenters. The molecular formula is C16H23NO4. The van der Waals surface area contributed by atoms with Crippen molar-refractivity contribution >= 4 is 11.7 Å². The number of carbonyl (C=O) groups is 1. The Morgan fingerprint density at radius 2 is 2.14 bits per heavy atom. The molecule has 0 aliphatic carbocycles. The number of carboxylic acid groups (broad SMARTS) is 1. The SMILES string of the molecule is CCCO/N=C(\C)c1cccc(CC(OCC)C(=O)O)c1. The molecule has 0 saturated heterocycles. The first-order valence-corrected chi connectivity index (χ1v) is 7.18. The summed E-state index contributed by atoms with van der Waals surface area (Å²) in [6, 6.07) is 7.62. The van der Waals surface area contributed by atoms with Gasteiger partial charge in [-0.15, -0.1) is 0 Å². The second-order valence-corrected chi connectivity index (χ2v) is 4.70. The van der Waals surface area contributed by atoms with E-state index in [4.69, 9.17) is 14.7 Å². The highest BCUT2D eigenvalue weighted by atomic mass is 16.6. The molecule has 1 N–H and O–H groups in total. The van der Waals surface area contributed by atoms with Crippen molar-refractivity contribution in [1.82, 2.24) is 0 Å². The van der Waals surface area contributed by atoms with Gasteiger partial charge in [0.15, 0.2) is 6.10 Å². The first-order valence-electron chi connectivity index (χ1n) is 7.18. The minimum absolute atomic E-state index is 0.333. The molecule has 1 rings (SSSR count). The molecule has 0 saturated carbocycles. The quantitative estimate of drug-likeness (QED) is 0.432. The van der Waals surface area contributed by atoms with Crippen LogP contribution >= 0.6 is 0 Å². The predicted molar refractivity (Wildman–Crippen MR) is 81.6 cm³/mol. The molecule has 0 fully saturated rings. The fraction of sp³-hybridized carbons (Fsp3) is 0.500. The predicted octanol–water partition coefficient (Wildman–Crippen LogP) is 2.87. The Morgan fingerprint density at radius 3 is 2.76 bits per heavy atom. The Morgan fingerprint density at radius 1 is 1.38 bits per heavy atom. The van der Waals surface area contributed by atoms with Crippen LogP contribution in [0.2, 0.25) is 0 Å². The number of aliphatic carboxylic acids is 1. The van der Waals surface area contributed by atoms with Crippen LogP contribution in [-0.4, -0.2) is 36.1 Å². The van der Waals surface area contributed by atoms with Crippen molar-refractivity contribution < 1.29 is 19.5 Å². The fourth-order valence-corrected chi connectivity index (χ4v) is 1.84. The maximum atomic E-state index is 11.1. The van der Waals surface area contributed by atoms with Crippen molar-refractivity contribution in [3.8, 4) is 0 Å². The molecule has 0 heterocycles. The van der Waals surface area contributed by atoms with Crippen LogP contribution in [0.25, 0.3) is 0 Å². The molecule has 0 aliphatic heterocycles. The molecule has 0 radical (unpaired) electrons. The molecule has 5 nitrogen and oxygen atoms in total. The lowest BCUT2D eigenvalue weighted by atomic mass is 10.0. The molecule has 0 aliphatic rings. The Bertz CT molecular complexity index is 485. The van der Waals surface area contributed by atoms with E-state index in [-0.39, 0.29) is 0 Å². The summed E-state index contributed by atoms with van der Waals surface area (Å²) in [5.74, 6) is -0.945. The zero-order valence-electron chi connectivity index (χ0n) is 12.8. The summed E-state index contributed by atoms with van der Waals surface area (Å²) in [5.41, 5.74) is 2.59. The van der Waals surface area contributed by atoms with E-state index in [0.717, 1.165) is 23.3 Å². The molecule has 21 heavy (non-hydrogen) atoms. The van der Waals surface area contributed by atoms with Crippen LogP contribution in [0.1, 0.15) is 38.3 Å². The van der Waals surface area contributed by atoms with Crippen LogP contribution in [0.3, 0.4) is 0 Å². The monoisotopic (exact) mass is 293 g/mol. The summed E-state index contributed by atoms with van der Waals surface area (Å²) in [6.07, 6.45) is 0.421. The fourth-order valence-electron chi connectivity index (χ4n) is 1.84. The molecule has 1 aromatic rings. The van der Waals surface area contributed by atoms with E-state index in [0.29, 0.717) is 19.6 Å². The van der Waals surface area contributed by atoms with Crippen molar-refractivity contribution in [2.75, 3.05) is 13.2 Å². The van der Waals surface area contributed by atoms with Crippen LogP contribution in [0.15, 0.2) is 29.4 Å². The summed E-state index contributed by atoms with van der Waals surface area (Å²) in [4.78, 5) is 16.3. The van der Waals surface area contributed by atoms with E-state index in [2.05, 4.69) is 5.16 Å². The van der Waals surface area contributed by atoms with Gasteiger partial charge in [0, 0.05) is 13.0 Å². The number of benzene rings is 1. The van der Waals surface area contributed by atoms with Gasteiger partial charge in [0.1, 0.15) is 6.61 Å². The second-order valence-electron chi connectivity index (χ2n) is 4.70. The van der Waals surface area contributed by atoms with Gasteiger partial charge in [0.05, 0.1) is 5.71 Å². The molecule has 1 unspecified atom stereocenters. The summed E-state index contributed by atoms with van der Waals surface area (Å²) >= 11 is 0. The lowest BCUT2D eigenvalue weighted by Gasteiger charge is -2.13. The highest BCUT2D eigenvalue weighted by Crippen LogP contribution is 2.11. The van der Waals surface area contributed by atoms with E-state index in [9.17, 15) is 4.79 Å². The van der Waals surface area contributed by atoms with Gasteiger partial charge in [-0.25, -0.2) is 4.79 Å². The first-order chi connectivity index (χ1) is 10.1. The van der Waals surface area contributed by atoms with E-state index < -0.39 is 12.1 Å². The van der Waals surface area contributed by atoms with Gasteiger partial charge in [-0.1, -0.05) is 30.3 Å². The Hall–Kier alpha value is -1.88.